The Kier molecular flexibility index (Phi) is 9.83. The SMILES string of the molecule is c1ccc(-c2ccc3c(c2)c2ccccc2n3-c2nc(-c3ccc4c(c3)oc3ccccc34)nc(-c3cccc4sc5cc(-c6ccc7c(c6)oc6ccc(-c8ccc9c%10ccccc%10n(-c%10ccccc%10)c9c8)cc67)ccc5c34)n2)cc1. The number of hydrogen-bond acceptors (Lipinski definition) is 6. The molecule has 0 N–H and O–H groups in total. The Balaban J connectivity index is 0.748. The third-order valence-electron chi connectivity index (χ3n) is 16.8. The van der Waals surface area contributed by atoms with Crippen LogP contribution in [-0.4, -0.2) is 24.1 Å². The average Bonchev–Trinajstić information content (AvgIpc) is 2.81. The van der Waals surface area contributed by atoms with Crippen molar-refractivity contribution in [2.24, 2.45) is 0 Å². The topological polar surface area (TPSA) is 74.8 Å². The molecule has 0 saturated carbocycles. The number of para-hydroxylation sites is 4. The summed E-state index contributed by atoms with van der Waals surface area (Å²) in [5.74, 6) is 1.68. The van der Waals surface area contributed by atoms with Gasteiger partial charge in [0.25, 0.3) is 0 Å². The largest absolute Gasteiger partial charge is 0.456 e. The van der Waals surface area contributed by atoms with E-state index in [2.05, 4.69) is 252 Å². The van der Waals surface area contributed by atoms with E-state index in [0.29, 0.717) is 17.6 Å². The number of hydrogen-bond donors (Lipinski definition) is 0. The number of benzene rings is 12. The molecule has 12 aromatic carbocycles. The van der Waals surface area contributed by atoms with Crippen LogP contribution in [0, 0.1) is 0 Å². The van der Waals surface area contributed by atoms with Crippen LogP contribution in [0.15, 0.2) is 270 Å². The molecule has 0 aliphatic carbocycles. The number of aromatic nitrogens is 5. The van der Waals surface area contributed by atoms with E-state index in [1.807, 2.05) is 18.2 Å². The van der Waals surface area contributed by atoms with Crippen molar-refractivity contribution < 1.29 is 8.83 Å². The van der Waals surface area contributed by atoms with Crippen molar-refractivity contribution >= 4 is 119 Å². The fourth-order valence-corrected chi connectivity index (χ4v) is 14.1. The molecule has 0 saturated heterocycles. The van der Waals surface area contributed by atoms with Gasteiger partial charge in [0.1, 0.15) is 22.3 Å². The van der Waals surface area contributed by atoms with E-state index >= 15 is 0 Å². The molecule has 18 rings (SSSR count). The summed E-state index contributed by atoms with van der Waals surface area (Å²) in [5, 5.41) is 11.3. The Bertz CT molecular complexity index is 5710. The normalized spacial score (nSPS) is 12.1. The maximum atomic E-state index is 6.65. The van der Waals surface area contributed by atoms with E-state index in [9.17, 15) is 0 Å². The van der Waals surface area contributed by atoms with Gasteiger partial charge in [-0.05, 0) is 130 Å². The molecule has 7 nitrogen and oxygen atoms in total. The van der Waals surface area contributed by atoms with Crippen molar-refractivity contribution in [2.75, 3.05) is 0 Å². The lowest BCUT2D eigenvalue weighted by molar-refractivity contribution is 0.668. The summed E-state index contributed by atoms with van der Waals surface area (Å²) in [4.78, 5) is 16.2. The molecular weight excluding hydrogens is 1030 g/mol. The predicted molar refractivity (Wildman–Crippen MR) is 343 cm³/mol. The van der Waals surface area contributed by atoms with Crippen molar-refractivity contribution in [1.82, 2.24) is 24.1 Å². The van der Waals surface area contributed by atoms with Crippen LogP contribution in [0.2, 0.25) is 0 Å². The van der Waals surface area contributed by atoms with Gasteiger partial charge in [-0.2, -0.15) is 9.97 Å². The Labute approximate surface area is 477 Å². The highest BCUT2D eigenvalue weighted by Gasteiger charge is 2.23. The van der Waals surface area contributed by atoms with Crippen molar-refractivity contribution in [3.63, 3.8) is 0 Å². The molecule has 0 atom stereocenters. The fraction of sp³-hybridized carbons (Fsp3) is 0. The first-order chi connectivity index (χ1) is 41.1. The minimum absolute atomic E-state index is 0.536. The zero-order valence-electron chi connectivity index (χ0n) is 44.3. The lowest BCUT2D eigenvalue weighted by Gasteiger charge is -2.12. The third-order valence-corrected chi connectivity index (χ3v) is 17.9. The number of nitrogens with zero attached hydrogens (tertiary/aromatic N) is 5. The summed E-state index contributed by atoms with van der Waals surface area (Å²) in [6, 6.07) is 92.8. The van der Waals surface area contributed by atoms with E-state index in [1.54, 1.807) is 11.3 Å². The minimum atomic E-state index is 0.536. The van der Waals surface area contributed by atoms with E-state index in [-0.39, 0.29) is 0 Å². The zero-order chi connectivity index (χ0) is 54.3. The molecular formula is C75H43N5O2S. The second-order valence-corrected chi connectivity index (χ2v) is 22.6. The van der Waals surface area contributed by atoms with Crippen LogP contribution in [0.25, 0.3) is 175 Å². The van der Waals surface area contributed by atoms with Gasteiger partial charge >= 0.3 is 0 Å². The van der Waals surface area contributed by atoms with E-state index in [4.69, 9.17) is 23.8 Å². The standard InChI is InChI=1S/C75H43N5O2S/c1-3-14-44(15-4-1)45-30-36-64-60(38-45)53-19-8-11-23-63(53)80(64)75-77-73(50-29-34-56-55-20-9-12-24-66(55)81-69(56)42-50)76-74(78-75)59-21-13-25-70-72(59)58-35-28-49(43-71(58)83-70)48-27-33-57-61-39-46(31-37-67(61)82-68(57)41-48)47-26-32-54-52-18-7-10-22-62(52)79(65(54)40-47)51-16-5-2-6-17-51/h1-43H. The van der Waals surface area contributed by atoms with Crippen LogP contribution in [0.4, 0.5) is 0 Å². The first-order valence-electron chi connectivity index (χ1n) is 27.9. The molecule has 0 aliphatic rings. The quantitative estimate of drug-likeness (QED) is 0.159. The summed E-state index contributed by atoms with van der Waals surface area (Å²) in [6.07, 6.45) is 0. The highest BCUT2D eigenvalue weighted by molar-refractivity contribution is 7.26. The molecule has 8 heteroatoms. The van der Waals surface area contributed by atoms with Gasteiger partial charge in [0.15, 0.2) is 11.6 Å². The van der Waals surface area contributed by atoms with Crippen molar-refractivity contribution in [1.29, 1.82) is 0 Å². The predicted octanol–water partition coefficient (Wildman–Crippen LogP) is 20.6. The van der Waals surface area contributed by atoms with E-state index in [0.717, 1.165) is 131 Å². The summed E-state index contributed by atoms with van der Waals surface area (Å²) >= 11 is 1.78. The molecule has 83 heavy (non-hydrogen) atoms. The second-order valence-electron chi connectivity index (χ2n) is 21.5. The minimum Gasteiger partial charge on any atom is -0.456 e. The molecule has 18 aromatic rings. The highest BCUT2D eigenvalue weighted by Crippen LogP contribution is 2.44. The molecule has 386 valence electrons. The molecule has 0 aliphatic heterocycles. The van der Waals surface area contributed by atoms with Crippen LogP contribution in [0.5, 0.6) is 0 Å². The first-order valence-corrected chi connectivity index (χ1v) is 28.7. The van der Waals surface area contributed by atoms with Gasteiger partial charge < -0.3 is 13.4 Å². The molecule has 0 unspecified atom stereocenters. The smallest absolute Gasteiger partial charge is 0.238 e. The van der Waals surface area contributed by atoms with Gasteiger partial charge in [-0.25, -0.2) is 4.98 Å². The van der Waals surface area contributed by atoms with E-state index in [1.165, 1.54) is 26.5 Å². The summed E-state index contributed by atoms with van der Waals surface area (Å²) in [5.41, 5.74) is 17.5. The third kappa shape index (κ3) is 7.13. The Hall–Kier alpha value is -10.9. The molecule has 0 bridgehead atoms. The van der Waals surface area contributed by atoms with Crippen LogP contribution in [0.3, 0.4) is 0 Å². The van der Waals surface area contributed by atoms with Crippen LogP contribution in [-0.2, 0) is 0 Å². The summed E-state index contributed by atoms with van der Waals surface area (Å²) in [6.45, 7) is 0. The average molecular weight is 1080 g/mol. The maximum absolute atomic E-state index is 6.65. The molecule has 6 aromatic heterocycles. The van der Waals surface area contributed by atoms with Gasteiger partial charge in [0.05, 0.1) is 22.1 Å². The van der Waals surface area contributed by atoms with Crippen molar-refractivity contribution in [3.8, 4) is 67.8 Å². The second kappa shape index (κ2) is 17.8. The lowest BCUT2D eigenvalue weighted by atomic mass is 9.99. The fourth-order valence-electron chi connectivity index (χ4n) is 12.9. The monoisotopic (exact) mass is 1080 g/mol. The molecule has 0 radical (unpaired) electrons. The van der Waals surface area contributed by atoms with Crippen LogP contribution >= 0.6 is 11.3 Å². The van der Waals surface area contributed by atoms with E-state index < -0.39 is 0 Å². The maximum Gasteiger partial charge on any atom is 0.238 e. The van der Waals surface area contributed by atoms with Gasteiger partial charge in [-0.1, -0.05) is 164 Å². The van der Waals surface area contributed by atoms with Crippen LogP contribution < -0.4 is 0 Å². The number of thiophene rings is 1. The molecule has 0 spiro atoms. The first kappa shape index (κ1) is 45.9. The summed E-state index contributed by atoms with van der Waals surface area (Å²) < 4.78 is 20.0. The van der Waals surface area contributed by atoms with Gasteiger partial charge in [0.2, 0.25) is 5.95 Å². The van der Waals surface area contributed by atoms with Gasteiger partial charge in [0, 0.05) is 80.1 Å². The van der Waals surface area contributed by atoms with Gasteiger partial charge in [-0.15, -0.1) is 11.3 Å². The molecule has 0 amide bonds. The van der Waals surface area contributed by atoms with Crippen LogP contribution in [0.1, 0.15) is 0 Å². The highest BCUT2D eigenvalue weighted by atomic mass is 32.1. The Morgan fingerprint density at radius 1 is 0.277 bits per heavy atom. The Morgan fingerprint density at radius 2 is 0.807 bits per heavy atom. The van der Waals surface area contributed by atoms with Gasteiger partial charge in [-0.3, -0.25) is 4.57 Å². The lowest BCUT2D eigenvalue weighted by Crippen LogP contribution is -2.06. The summed E-state index contributed by atoms with van der Waals surface area (Å²) in [7, 11) is 0. The number of rotatable bonds is 7. The molecule has 0 fully saturated rings. The van der Waals surface area contributed by atoms with Crippen molar-refractivity contribution in [2.45, 2.75) is 0 Å². The number of furan rings is 2. The zero-order valence-corrected chi connectivity index (χ0v) is 45.1. The Morgan fingerprint density at radius 3 is 1.63 bits per heavy atom. The number of fused-ring (bicyclic) bond motifs is 15. The van der Waals surface area contributed by atoms with Crippen molar-refractivity contribution in [3.05, 3.63) is 261 Å². The molecule has 6 heterocycles.